The van der Waals surface area contributed by atoms with Crippen molar-refractivity contribution >= 4 is 56.0 Å². The molecule has 1 unspecified atom stereocenters. The Balaban J connectivity index is 1.50. The van der Waals surface area contributed by atoms with E-state index in [1.165, 1.54) is 10.5 Å². The molecule has 4 nitrogen and oxygen atoms in total. The van der Waals surface area contributed by atoms with E-state index in [9.17, 15) is 4.79 Å². The van der Waals surface area contributed by atoms with Gasteiger partial charge in [0.25, 0.3) is 0 Å². The number of fused-ring (bicyclic) bond motifs is 1. The predicted octanol–water partition coefficient (Wildman–Crippen LogP) is 6.26. The van der Waals surface area contributed by atoms with E-state index in [4.69, 9.17) is 21.3 Å². The number of carbonyl (C=O) groups is 1. The number of benzene rings is 2. The van der Waals surface area contributed by atoms with Gasteiger partial charge in [0.15, 0.2) is 5.13 Å². The number of nitrogens with zero attached hydrogens (tertiary/aromatic N) is 2. The molecule has 0 radical (unpaired) electrons. The first kappa shape index (κ1) is 21.6. The third-order valence-corrected chi connectivity index (χ3v) is 7.75. The van der Waals surface area contributed by atoms with Crippen molar-refractivity contribution in [2.45, 2.75) is 44.1 Å². The number of thiazole rings is 1. The number of aryl methyl sites for hydroxylation is 2. The maximum Gasteiger partial charge on any atom is 0.229 e. The first-order chi connectivity index (χ1) is 14.5. The van der Waals surface area contributed by atoms with Gasteiger partial charge in [-0.25, -0.2) is 4.98 Å². The zero-order valence-electron chi connectivity index (χ0n) is 17.2. The number of ether oxygens (including phenoxy) is 1. The molecular weight excluding hydrogens is 436 g/mol. The van der Waals surface area contributed by atoms with E-state index in [2.05, 4.69) is 31.2 Å². The van der Waals surface area contributed by atoms with Gasteiger partial charge in [0.2, 0.25) is 5.91 Å². The number of rotatable bonds is 7. The number of anilines is 1. The number of hydrogen-bond acceptors (Lipinski definition) is 5. The van der Waals surface area contributed by atoms with Crippen LogP contribution in [0.5, 0.6) is 0 Å². The molecule has 158 valence electrons. The van der Waals surface area contributed by atoms with Crippen molar-refractivity contribution in [2.24, 2.45) is 0 Å². The van der Waals surface area contributed by atoms with Gasteiger partial charge in [0.1, 0.15) is 0 Å². The first-order valence-corrected chi connectivity index (χ1v) is 12.4. The molecule has 0 saturated carbocycles. The molecule has 1 aromatic heterocycles. The third kappa shape index (κ3) is 4.99. The number of thioether (sulfide) groups is 1. The highest BCUT2D eigenvalue weighted by atomic mass is 35.5. The van der Waals surface area contributed by atoms with Gasteiger partial charge in [-0.3, -0.25) is 9.69 Å². The molecule has 2 aromatic carbocycles. The van der Waals surface area contributed by atoms with Crippen LogP contribution in [0, 0.1) is 13.8 Å². The van der Waals surface area contributed by atoms with Crippen molar-refractivity contribution in [3.8, 4) is 0 Å². The zero-order valence-corrected chi connectivity index (χ0v) is 19.6. The lowest BCUT2D eigenvalue weighted by molar-refractivity contribution is -0.118. The molecule has 30 heavy (non-hydrogen) atoms. The van der Waals surface area contributed by atoms with E-state index in [0.717, 1.165) is 46.1 Å². The number of hydrogen-bond donors (Lipinski definition) is 0. The molecule has 2 heterocycles. The van der Waals surface area contributed by atoms with Crippen LogP contribution in [0.1, 0.15) is 30.4 Å². The Morgan fingerprint density at radius 2 is 2.07 bits per heavy atom. The lowest BCUT2D eigenvalue weighted by Gasteiger charge is -2.23. The Hall–Kier alpha value is -1.60. The highest BCUT2D eigenvalue weighted by Gasteiger charge is 2.26. The fourth-order valence-electron chi connectivity index (χ4n) is 3.51. The van der Waals surface area contributed by atoms with E-state index in [0.29, 0.717) is 18.0 Å². The maximum atomic E-state index is 13.2. The Kier molecular flexibility index (Phi) is 6.98. The topological polar surface area (TPSA) is 42.4 Å². The summed E-state index contributed by atoms with van der Waals surface area (Å²) in [5.41, 5.74) is 3.07. The Morgan fingerprint density at radius 3 is 2.80 bits per heavy atom. The fraction of sp³-hybridized carbons (Fsp3) is 0.391. The summed E-state index contributed by atoms with van der Waals surface area (Å²) in [6.45, 7) is 5.37. The fourth-order valence-corrected chi connectivity index (χ4v) is 5.55. The molecule has 1 atom stereocenters. The van der Waals surface area contributed by atoms with Gasteiger partial charge in [0, 0.05) is 28.7 Å². The number of aromatic nitrogens is 1. The van der Waals surface area contributed by atoms with Gasteiger partial charge in [-0.15, -0.1) is 11.8 Å². The van der Waals surface area contributed by atoms with Crippen molar-refractivity contribution in [3.63, 3.8) is 0 Å². The van der Waals surface area contributed by atoms with Crippen LogP contribution >= 0.6 is 34.7 Å². The second kappa shape index (κ2) is 9.69. The summed E-state index contributed by atoms with van der Waals surface area (Å²) in [7, 11) is 0. The van der Waals surface area contributed by atoms with Crippen LogP contribution < -0.4 is 4.90 Å². The molecule has 0 bridgehead atoms. The van der Waals surface area contributed by atoms with Crippen LogP contribution in [0.2, 0.25) is 5.02 Å². The van der Waals surface area contributed by atoms with Gasteiger partial charge in [-0.05, 0) is 56.5 Å². The van der Waals surface area contributed by atoms with E-state index >= 15 is 0 Å². The highest BCUT2D eigenvalue weighted by Crippen LogP contribution is 2.34. The molecule has 7 heteroatoms. The molecule has 1 amide bonds. The largest absolute Gasteiger partial charge is 0.376 e. The molecule has 0 aliphatic carbocycles. The van der Waals surface area contributed by atoms with Crippen molar-refractivity contribution in [1.82, 2.24) is 4.98 Å². The Labute approximate surface area is 190 Å². The SMILES string of the molecule is Cc1ccc(SCCC(=O)N(CC2CCCO2)c2nc3c(C)c(Cl)ccc3s2)cc1. The molecular formula is C23H25ClN2O2S2. The van der Waals surface area contributed by atoms with Gasteiger partial charge in [0.05, 0.1) is 22.9 Å². The summed E-state index contributed by atoms with van der Waals surface area (Å²) < 4.78 is 6.86. The standard InChI is InChI=1S/C23H25ClN2O2S2/c1-15-5-7-18(8-6-15)29-13-11-21(27)26(14-17-4-3-12-28-17)23-25-22-16(2)19(24)9-10-20(22)30-23/h5-10,17H,3-4,11-14H2,1-2H3. The Bertz CT molecular complexity index is 1030. The minimum absolute atomic E-state index is 0.0791. The maximum absolute atomic E-state index is 13.2. The number of amides is 1. The molecule has 1 saturated heterocycles. The van der Waals surface area contributed by atoms with Crippen molar-refractivity contribution in [2.75, 3.05) is 23.8 Å². The van der Waals surface area contributed by atoms with Crippen LogP contribution in [-0.4, -0.2) is 35.9 Å². The van der Waals surface area contributed by atoms with Crippen LogP contribution in [0.15, 0.2) is 41.3 Å². The van der Waals surface area contributed by atoms with Crippen LogP contribution in [0.4, 0.5) is 5.13 Å². The minimum atomic E-state index is 0.0791. The van der Waals surface area contributed by atoms with Crippen LogP contribution in [0.25, 0.3) is 10.2 Å². The summed E-state index contributed by atoms with van der Waals surface area (Å²) >= 11 is 9.53. The van der Waals surface area contributed by atoms with Crippen molar-refractivity contribution in [1.29, 1.82) is 0 Å². The average Bonchev–Trinajstić information content (AvgIpc) is 3.40. The molecule has 1 aliphatic heterocycles. The summed E-state index contributed by atoms with van der Waals surface area (Å²) in [5.74, 6) is 0.826. The summed E-state index contributed by atoms with van der Waals surface area (Å²) in [6.07, 6.45) is 2.57. The van der Waals surface area contributed by atoms with Crippen molar-refractivity contribution < 1.29 is 9.53 Å². The monoisotopic (exact) mass is 460 g/mol. The Morgan fingerprint density at radius 1 is 1.27 bits per heavy atom. The second-order valence-electron chi connectivity index (χ2n) is 7.57. The van der Waals surface area contributed by atoms with Crippen LogP contribution in [0.3, 0.4) is 0 Å². The van der Waals surface area contributed by atoms with E-state index in [1.54, 1.807) is 23.1 Å². The van der Waals surface area contributed by atoms with E-state index in [1.807, 2.05) is 24.0 Å². The molecule has 3 aromatic rings. The van der Waals surface area contributed by atoms with Gasteiger partial charge in [-0.2, -0.15) is 0 Å². The second-order valence-corrected chi connectivity index (χ2v) is 10.2. The van der Waals surface area contributed by atoms with Crippen LogP contribution in [-0.2, 0) is 9.53 Å². The lowest BCUT2D eigenvalue weighted by Crippen LogP contribution is -2.37. The van der Waals surface area contributed by atoms with Crippen molar-refractivity contribution in [3.05, 3.63) is 52.5 Å². The smallest absolute Gasteiger partial charge is 0.229 e. The zero-order chi connectivity index (χ0) is 21.1. The summed E-state index contributed by atoms with van der Waals surface area (Å²) in [5, 5.41) is 1.43. The normalized spacial score (nSPS) is 16.3. The molecule has 4 rings (SSSR count). The van der Waals surface area contributed by atoms with Gasteiger partial charge in [-0.1, -0.05) is 40.6 Å². The predicted molar refractivity (Wildman–Crippen MR) is 127 cm³/mol. The van der Waals surface area contributed by atoms with Gasteiger partial charge >= 0.3 is 0 Å². The summed E-state index contributed by atoms with van der Waals surface area (Å²) in [4.78, 5) is 21.0. The number of halogens is 1. The first-order valence-electron chi connectivity index (χ1n) is 10.2. The number of carbonyl (C=O) groups excluding carboxylic acids is 1. The average molecular weight is 461 g/mol. The highest BCUT2D eigenvalue weighted by molar-refractivity contribution is 7.99. The molecule has 1 fully saturated rings. The summed E-state index contributed by atoms with van der Waals surface area (Å²) in [6, 6.07) is 12.3. The van der Waals surface area contributed by atoms with E-state index < -0.39 is 0 Å². The third-order valence-electron chi connectivity index (χ3n) is 5.28. The minimum Gasteiger partial charge on any atom is -0.376 e. The molecule has 0 N–H and O–H groups in total. The van der Waals surface area contributed by atoms with E-state index in [-0.39, 0.29) is 12.0 Å². The lowest BCUT2D eigenvalue weighted by atomic mass is 10.2. The molecule has 0 spiro atoms. The quantitative estimate of drug-likeness (QED) is 0.390. The van der Waals surface area contributed by atoms with Gasteiger partial charge < -0.3 is 4.74 Å². The molecule has 1 aliphatic rings.